The van der Waals surface area contributed by atoms with Crippen molar-refractivity contribution in [2.75, 3.05) is 25.0 Å². The normalized spacial score (nSPS) is 16.4. The zero-order valence-corrected chi connectivity index (χ0v) is 13.0. The summed E-state index contributed by atoms with van der Waals surface area (Å²) in [6.45, 7) is 2.95. The molecule has 3 rings (SSSR count). The number of anilines is 1. The second kappa shape index (κ2) is 7.39. The zero-order chi connectivity index (χ0) is 16.1. The molecule has 2 aromatic rings. The van der Waals surface area contributed by atoms with Crippen LogP contribution in [0.15, 0.2) is 36.5 Å². The number of benzene rings is 1. The summed E-state index contributed by atoms with van der Waals surface area (Å²) in [6.07, 6.45) is 4.16. The largest absolute Gasteiger partial charge is 0.393 e. The Bertz CT molecular complexity index is 617. The Morgan fingerprint density at radius 1 is 1.26 bits per heavy atom. The van der Waals surface area contributed by atoms with E-state index in [2.05, 4.69) is 20.4 Å². The van der Waals surface area contributed by atoms with Crippen LogP contribution in [0.4, 0.5) is 5.69 Å². The van der Waals surface area contributed by atoms with Gasteiger partial charge in [-0.1, -0.05) is 12.1 Å². The van der Waals surface area contributed by atoms with Gasteiger partial charge >= 0.3 is 0 Å². The molecular weight excluding hydrogens is 292 g/mol. The van der Waals surface area contributed by atoms with Gasteiger partial charge in [-0.3, -0.25) is 9.89 Å². The molecule has 0 aliphatic carbocycles. The van der Waals surface area contributed by atoms with E-state index in [0.29, 0.717) is 5.69 Å². The molecule has 1 fully saturated rings. The molecule has 1 aromatic carbocycles. The highest BCUT2D eigenvalue weighted by Crippen LogP contribution is 2.14. The van der Waals surface area contributed by atoms with Gasteiger partial charge in [-0.15, -0.1) is 0 Å². The number of amides is 1. The summed E-state index contributed by atoms with van der Waals surface area (Å²) in [5, 5.41) is 18.8. The number of aromatic amines is 1. The first-order chi connectivity index (χ1) is 11.2. The van der Waals surface area contributed by atoms with Crippen molar-refractivity contribution in [3.8, 4) is 0 Å². The van der Waals surface area contributed by atoms with Gasteiger partial charge in [-0.05, 0) is 43.0 Å². The van der Waals surface area contributed by atoms with Gasteiger partial charge in [-0.2, -0.15) is 5.10 Å². The smallest absolute Gasteiger partial charge is 0.273 e. The summed E-state index contributed by atoms with van der Waals surface area (Å²) >= 11 is 0. The first kappa shape index (κ1) is 15.7. The van der Waals surface area contributed by atoms with Crippen molar-refractivity contribution in [2.45, 2.75) is 25.4 Å². The van der Waals surface area contributed by atoms with Gasteiger partial charge in [-0.25, -0.2) is 0 Å². The van der Waals surface area contributed by atoms with Gasteiger partial charge in [0.2, 0.25) is 0 Å². The predicted octanol–water partition coefficient (Wildman–Crippen LogP) is 1.66. The first-order valence-corrected chi connectivity index (χ1v) is 8.01. The molecule has 1 amide bonds. The van der Waals surface area contributed by atoms with E-state index in [9.17, 15) is 9.90 Å². The van der Waals surface area contributed by atoms with Crippen LogP contribution >= 0.6 is 0 Å². The average molecular weight is 314 g/mol. The lowest BCUT2D eigenvalue weighted by molar-refractivity contribution is 0.0832. The van der Waals surface area contributed by atoms with Crippen molar-refractivity contribution in [1.29, 1.82) is 0 Å². The standard InChI is InChI=1S/C17H22N4O2/c22-15-7-11-21(12-8-15)10-6-13-1-3-14(4-2-13)19-17(23)16-5-9-18-20-16/h1-5,9,15,22H,6-8,10-12H2,(H,18,20)(H,19,23). The minimum atomic E-state index is -0.192. The molecular formula is C17H22N4O2. The number of rotatable bonds is 5. The van der Waals surface area contributed by atoms with E-state index in [1.807, 2.05) is 24.3 Å². The van der Waals surface area contributed by atoms with Crippen LogP contribution in [0.1, 0.15) is 28.9 Å². The van der Waals surface area contributed by atoms with Gasteiger partial charge in [0, 0.05) is 31.5 Å². The molecule has 0 spiro atoms. The number of aromatic nitrogens is 2. The van der Waals surface area contributed by atoms with Crippen molar-refractivity contribution >= 4 is 11.6 Å². The molecule has 1 saturated heterocycles. The van der Waals surface area contributed by atoms with E-state index < -0.39 is 0 Å². The van der Waals surface area contributed by atoms with Gasteiger partial charge in [0.25, 0.3) is 5.91 Å². The van der Waals surface area contributed by atoms with Crippen LogP contribution in [0.25, 0.3) is 0 Å². The topological polar surface area (TPSA) is 81.2 Å². The molecule has 0 radical (unpaired) electrons. The number of nitrogens with one attached hydrogen (secondary N) is 2. The molecule has 122 valence electrons. The zero-order valence-electron chi connectivity index (χ0n) is 13.0. The van der Waals surface area contributed by atoms with Crippen molar-refractivity contribution in [3.63, 3.8) is 0 Å². The molecule has 1 aromatic heterocycles. The lowest BCUT2D eigenvalue weighted by Gasteiger charge is -2.29. The van der Waals surface area contributed by atoms with Crippen LogP contribution in [-0.4, -0.2) is 51.8 Å². The average Bonchev–Trinajstić information content (AvgIpc) is 3.10. The summed E-state index contributed by atoms with van der Waals surface area (Å²) in [6, 6.07) is 9.56. The van der Waals surface area contributed by atoms with Crippen LogP contribution in [0.2, 0.25) is 0 Å². The summed E-state index contributed by atoms with van der Waals surface area (Å²) in [4.78, 5) is 14.3. The quantitative estimate of drug-likeness (QED) is 0.784. The number of aliphatic hydroxyl groups is 1. The fourth-order valence-electron chi connectivity index (χ4n) is 2.77. The molecule has 0 bridgehead atoms. The van der Waals surface area contributed by atoms with Crippen molar-refractivity contribution in [3.05, 3.63) is 47.8 Å². The molecule has 23 heavy (non-hydrogen) atoms. The van der Waals surface area contributed by atoms with E-state index in [4.69, 9.17) is 0 Å². The highest BCUT2D eigenvalue weighted by molar-refractivity contribution is 6.02. The number of carbonyl (C=O) groups is 1. The molecule has 0 saturated carbocycles. The maximum absolute atomic E-state index is 11.9. The number of hydrogen-bond acceptors (Lipinski definition) is 4. The molecule has 6 nitrogen and oxygen atoms in total. The number of carbonyl (C=O) groups excluding carboxylic acids is 1. The molecule has 3 N–H and O–H groups in total. The first-order valence-electron chi connectivity index (χ1n) is 8.01. The predicted molar refractivity (Wildman–Crippen MR) is 88.4 cm³/mol. The molecule has 0 atom stereocenters. The van der Waals surface area contributed by atoms with Crippen molar-refractivity contribution < 1.29 is 9.90 Å². The van der Waals surface area contributed by atoms with Gasteiger partial charge in [0.15, 0.2) is 0 Å². The Morgan fingerprint density at radius 3 is 2.65 bits per heavy atom. The maximum Gasteiger partial charge on any atom is 0.273 e. The SMILES string of the molecule is O=C(Nc1ccc(CCN2CCC(O)CC2)cc1)c1ccn[nH]1. The number of nitrogens with zero attached hydrogens (tertiary/aromatic N) is 2. The van der Waals surface area contributed by atoms with Crippen LogP contribution < -0.4 is 5.32 Å². The monoisotopic (exact) mass is 314 g/mol. The van der Waals surface area contributed by atoms with Gasteiger partial charge < -0.3 is 15.3 Å². The Hall–Kier alpha value is -2.18. The second-order valence-electron chi connectivity index (χ2n) is 5.94. The van der Waals surface area contributed by atoms with Crippen LogP contribution in [0.5, 0.6) is 0 Å². The van der Waals surface area contributed by atoms with Crippen LogP contribution in [0, 0.1) is 0 Å². The van der Waals surface area contributed by atoms with Gasteiger partial charge in [0.1, 0.15) is 5.69 Å². The Balaban J connectivity index is 1.48. The molecule has 1 aliphatic rings. The maximum atomic E-state index is 11.9. The lowest BCUT2D eigenvalue weighted by atomic mass is 10.1. The lowest BCUT2D eigenvalue weighted by Crippen LogP contribution is -2.37. The van der Waals surface area contributed by atoms with E-state index in [0.717, 1.165) is 44.6 Å². The number of aliphatic hydroxyl groups excluding tert-OH is 1. The number of H-pyrrole nitrogens is 1. The van der Waals surface area contributed by atoms with Crippen molar-refractivity contribution in [2.24, 2.45) is 0 Å². The molecule has 0 unspecified atom stereocenters. The number of hydrogen-bond donors (Lipinski definition) is 3. The molecule has 2 heterocycles. The minimum absolute atomic E-state index is 0.121. The third-order valence-corrected chi connectivity index (χ3v) is 4.23. The van der Waals surface area contributed by atoms with E-state index in [-0.39, 0.29) is 12.0 Å². The third kappa shape index (κ3) is 4.40. The summed E-state index contributed by atoms with van der Waals surface area (Å²) < 4.78 is 0. The van der Waals surface area contributed by atoms with E-state index in [1.165, 1.54) is 5.56 Å². The highest BCUT2D eigenvalue weighted by atomic mass is 16.3. The molecule has 1 aliphatic heterocycles. The Kier molecular flexibility index (Phi) is 5.05. The Labute approximate surface area is 135 Å². The van der Waals surface area contributed by atoms with Crippen LogP contribution in [-0.2, 0) is 6.42 Å². The van der Waals surface area contributed by atoms with Crippen molar-refractivity contribution in [1.82, 2.24) is 15.1 Å². The minimum Gasteiger partial charge on any atom is -0.393 e. The third-order valence-electron chi connectivity index (χ3n) is 4.23. The number of likely N-dealkylation sites (tertiary alicyclic amines) is 1. The summed E-state index contributed by atoms with van der Waals surface area (Å²) in [5.41, 5.74) is 2.46. The summed E-state index contributed by atoms with van der Waals surface area (Å²) in [7, 11) is 0. The Morgan fingerprint density at radius 2 is 2.00 bits per heavy atom. The van der Waals surface area contributed by atoms with E-state index >= 15 is 0 Å². The van der Waals surface area contributed by atoms with Crippen LogP contribution in [0.3, 0.4) is 0 Å². The number of piperidine rings is 1. The summed E-state index contributed by atoms with van der Waals surface area (Å²) in [5.74, 6) is -0.192. The second-order valence-corrected chi connectivity index (χ2v) is 5.94. The van der Waals surface area contributed by atoms with Gasteiger partial charge in [0.05, 0.1) is 6.10 Å². The fourth-order valence-corrected chi connectivity index (χ4v) is 2.77. The highest BCUT2D eigenvalue weighted by Gasteiger charge is 2.16. The molecule has 6 heteroatoms. The van der Waals surface area contributed by atoms with E-state index in [1.54, 1.807) is 12.3 Å². The fraction of sp³-hybridized carbons (Fsp3) is 0.412.